The molecule has 0 aliphatic carbocycles. The van der Waals surface area contributed by atoms with Crippen LogP contribution in [-0.2, 0) is 6.61 Å². The molecule has 2 N–H and O–H groups in total. The van der Waals surface area contributed by atoms with Crippen molar-refractivity contribution < 1.29 is 13.5 Å². The molecule has 2 aromatic rings. The molecule has 0 aliphatic heterocycles. The molecule has 0 aliphatic rings. The summed E-state index contributed by atoms with van der Waals surface area (Å²) >= 11 is 3.23. The highest BCUT2D eigenvalue weighted by atomic mass is 79.9. The van der Waals surface area contributed by atoms with Gasteiger partial charge < -0.3 is 10.5 Å². The highest BCUT2D eigenvalue weighted by Gasteiger charge is 2.07. The summed E-state index contributed by atoms with van der Waals surface area (Å²) in [7, 11) is 0. The molecule has 0 radical (unpaired) electrons. The van der Waals surface area contributed by atoms with Crippen LogP contribution in [0.5, 0.6) is 5.75 Å². The Morgan fingerprint density at radius 2 is 1.78 bits per heavy atom. The number of nitrogens with two attached hydrogens (primary N) is 1. The number of anilines is 1. The van der Waals surface area contributed by atoms with Gasteiger partial charge in [0.15, 0.2) is 0 Å². The Hall–Kier alpha value is -1.62. The third kappa shape index (κ3) is 2.98. The smallest absolute Gasteiger partial charge is 0.149 e. The Labute approximate surface area is 112 Å². The normalized spacial score (nSPS) is 10.4. The van der Waals surface area contributed by atoms with Crippen LogP contribution in [0, 0.1) is 11.6 Å². The van der Waals surface area contributed by atoms with Crippen LogP contribution in [-0.4, -0.2) is 0 Å². The Bertz CT molecular complexity index is 558. The number of hydrogen-bond acceptors (Lipinski definition) is 2. The lowest BCUT2D eigenvalue weighted by atomic mass is 10.2. The van der Waals surface area contributed by atoms with Gasteiger partial charge in [0.25, 0.3) is 0 Å². The van der Waals surface area contributed by atoms with E-state index in [1.807, 2.05) is 0 Å². The van der Waals surface area contributed by atoms with Crippen LogP contribution in [0.4, 0.5) is 14.5 Å². The summed E-state index contributed by atoms with van der Waals surface area (Å²) in [6.45, 7) is 0.224. The van der Waals surface area contributed by atoms with Gasteiger partial charge in [-0.25, -0.2) is 8.78 Å². The van der Waals surface area contributed by atoms with Gasteiger partial charge in [-0.15, -0.1) is 0 Å². The SMILES string of the molecule is Nc1cc(Br)c(OCc2ccc(F)cc2)cc1F. The summed E-state index contributed by atoms with van der Waals surface area (Å²) in [5, 5.41) is 0. The first-order chi connectivity index (χ1) is 8.56. The summed E-state index contributed by atoms with van der Waals surface area (Å²) in [4.78, 5) is 0. The predicted octanol–water partition coefficient (Wildman–Crippen LogP) is 3.89. The topological polar surface area (TPSA) is 35.2 Å². The molecule has 5 heteroatoms. The Morgan fingerprint density at radius 1 is 1.11 bits per heavy atom. The molecule has 0 saturated heterocycles. The lowest BCUT2D eigenvalue weighted by molar-refractivity contribution is 0.302. The fourth-order valence-electron chi connectivity index (χ4n) is 1.40. The zero-order chi connectivity index (χ0) is 13.1. The van der Waals surface area contributed by atoms with E-state index in [-0.39, 0.29) is 18.1 Å². The van der Waals surface area contributed by atoms with Crippen molar-refractivity contribution in [2.75, 3.05) is 5.73 Å². The molecule has 0 amide bonds. The highest BCUT2D eigenvalue weighted by Crippen LogP contribution is 2.29. The molecule has 0 aromatic heterocycles. The molecular formula is C13H10BrF2NO. The molecule has 0 heterocycles. The van der Waals surface area contributed by atoms with Gasteiger partial charge in [0.2, 0.25) is 0 Å². The molecule has 94 valence electrons. The van der Waals surface area contributed by atoms with Crippen LogP contribution >= 0.6 is 15.9 Å². The minimum Gasteiger partial charge on any atom is -0.488 e. The maximum atomic E-state index is 13.3. The van der Waals surface area contributed by atoms with E-state index in [1.54, 1.807) is 12.1 Å². The fourth-order valence-corrected chi connectivity index (χ4v) is 1.87. The van der Waals surface area contributed by atoms with E-state index in [1.165, 1.54) is 24.3 Å². The van der Waals surface area contributed by atoms with Gasteiger partial charge in [-0.05, 0) is 39.7 Å². The molecule has 0 fully saturated rings. The van der Waals surface area contributed by atoms with E-state index in [0.29, 0.717) is 10.2 Å². The fraction of sp³-hybridized carbons (Fsp3) is 0.0769. The van der Waals surface area contributed by atoms with Crippen molar-refractivity contribution in [3.05, 3.63) is 58.1 Å². The third-order valence-electron chi connectivity index (χ3n) is 2.36. The van der Waals surface area contributed by atoms with Crippen molar-refractivity contribution in [1.82, 2.24) is 0 Å². The predicted molar refractivity (Wildman–Crippen MR) is 69.2 cm³/mol. The van der Waals surface area contributed by atoms with E-state index in [0.717, 1.165) is 5.56 Å². The largest absolute Gasteiger partial charge is 0.488 e. The zero-order valence-electron chi connectivity index (χ0n) is 9.29. The molecule has 0 atom stereocenters. The summed E-state index contributed by atoms with van der Waals surface area (Å²) in [6.07, 6.45) is 0. The molecule has 0 unspecified atom stereocenters. The quantitative estimate of drug-likeness (QED) is 0.873. The van der Waals surface area contributed by atoms with Gasteiger partial charge in [0, 0.05) is 6.07 Å². The molecule has 0 bridgehead atoms. The molecule has 0 spiro atoms. The molecule has 0 saturated carbocycles. The first-order valence-corrected chi connectivity index (χ1v) is 5.97. The molecule has 2 aromatic carbocycles. The monoisotopic (exact) mass is 313 g/mol. The van der Waals surface area contributed by atoms with Crippen LogP contribution in [0.25, 0.3) is 0 Å². The number of nitrogen functional groups attached to an aromatic ring is 1. The Balaban J connectivity index is 2.10. The highest BCUT2D eigenvalue weighted by molar-refractivity contribution is 9.10. The summed E-state index contributed by atoms with van der Waals surface area (Å²) < 4.78 is 32.0. The minimum atomic E-state index is -0.535. The van der Waals surface area contributed by atoms with Crippen LogP contribution in [0.2, 0.25) is 0 Å². The van der Waals surface area contributed by atoms with Crippen molar-refractivity contribution in [2.45, 2.75) is 6.61 Å². The third-order valence-corrected chi connectivity index (χ3v) is 2.98. The standard InChI is InChI=1S/C13H10BrF2NO/c14-10-5-12(17)11(16)6-13(10)18-7-8-1-3-9(15)4-2-8/h1-6H,7,17H2. The second kappa shape index (κ2) is 5.35. The lowest BCUT2D eigenvalue weighted by Gasteiger charge is -2.09. The number of halogens is 3. The van der Waals surface area contributed by atoms with Crippen LogP contribution in [0.3, 0.4) is 0 Å². The van der Waals surface area contributed by atoms with Crippen LogP contribution in [0.15, 0.2) is 40.9 Å². The summed E-state index contributed by atoms with van der Waals surface area (Å²) in [5.41, 5.74) is 6.26. The van der Waals surface area contributed by atoms with Gasteiger partial charge in [0.1, 0.15) is 24.0 Å². The van der Waals surface area contributed by atoms with E-state index >= 15 is 0 Å². The van der Waals surface area contributed by atoms with E-state index in [2.05, 4.69) is 15.9 Å². The Kier molecular flexibility index (Phi) is 3.81. The van der Waals surface area contributed by atoms with E-state index < -0.39 is 5.82 Å². The lowest BCUT2D eigenvalue weighted by Crippen LogP contribution is -1.98. The van der Waals surface area contributed by atoms with Crippen molar-refractivity contribution in [1.29, 1.82) is 0 Å². The van der Waals surface area contributed by atoms with Crippen LogP contribution < -0.4 is 10.5 Å². The number of ether oxygens (including phenoxy) is 1. The molecule has 2 rings (SSSR count). The average molecular weight is 314 g/mol. The molecule has 2 nitrogen and oxygen atoms in total. The van der Waals surface area contributed by atoms with Gasteiger partial charge in [-0.2, -0.15) is 0 Å². The first kappa shape index (κ1) is 12.8. The van der Waals surface area contributed by atoms with Gasteiger partial charge in [0.05, 0.1) is 10.2 Å². The number of rotatable bonds is 3. The van der Waals surface area contributed by atoms with E-state index in [4.69, 9.17) is 10.5 Å². The summed E-state index contributed by atoms with van der Waals surface area (Å²) in [6, 6.07) is 8.56. The van der Waals surface area contributed by atoms with E-state index in [9.17, 15) is 8.78 Å². The first-order valence-electron chi connectivity index (χ1n) is 5.18. The average Bonchev–Trinajstić information content (AvgIpc) is 2.34. The Morgan fingerprint density at radius 3 is 2.44 bits per heavy atom. The second-order valence-electron chi connectivity index (χ2n) is 3.72. The maximum absolute atomic E-state index is 13.3. The van der Waals surface area contributed by atoms with Crippen molar-refractivity contribution >= 4 is 21.6 Å². The van der Waals surface area contributed by atoms with Crippen LogP contribution in [0.1, 0.15) is 5.56 Å². The van der Waals surface area contributed by atoms with Gasteiger partial charge in [-0.3, -0.25) is 0 Å². The van der Waals surface area contributed by atoms with Gasteiger partial charge >= 0.3 is 0 Å². The van der Waals surface area contributed by atoms with Gasteiger partial charge in [-0.1, -0.05) is 12.1 Å². The van der Waals surface area contributed by atoms with Crippen molar-refractivity contribution in [2.24, 2.45) is 0 Å². The van der Waals surface area contributed by atoms with Crippen molar-refractivity contribution in [3.63, 3.8) is 0 Å². The maximum Gasteiger partial charge on any atom is 0.149 e. The molecular weight excluding hydrogens is 304 g/mol. The number of hydrogen-bond donors (Lipinski definition) is 1. The summed E-state index contributed by atoms with van der Waals surface area (Å²) in [5.74, 6) is -0.489. The molecule has 18 heavy (non-hydrogen) atoms. The number of benzene rings is 2. The minimum absolute atomic E-state index is 0.0519. The zero-order valence-corrected chi connectivity index (χ0v) is 10.9. The van der Waals surface area contributed by atoms with Crippen molar-refractivity contribution in [3.8, 4) is 5.75 Å². The second-order valence-corrected chi connectivity index (χ2v) is 4.57.